The van der Waals surface area contributed by atoms with Crippen LogP contribution in [0.1, 0.15) is 19.3 Å². The molecule has 20 heavy (non-hydrogen) atoms. The van der Waals surface area contributed by atoms with Crippen LogP contribution in [-0.4, -0.2) is 66.7 Å². The number of methoxy groups -OCH3 is 1. The van der Waals surface area contributed by atoms with Crippen molar-refractivity contribution in [2.45, 2.75) is 31.3 Å². The monoisotopic (exact) mass is 287 g/mol. The third-order valence-electron chi connectivity index (χ3n) is 3.21. The molecule has 0 unspecified atom stereocenters. The van der Waals surface area contributed by atoms with Crippen molar-refractivity contribution < 1.29 is 24.2 Å². The molecule has 8 heteroatoms. The number of carbonyl (C=O) groups excluding carboxylic acids is 2. The number of carboxylic acids is 1. The third kappa shape index (κ3) is 4.46. The number of nitrogens with two attached hydrogens (primary N) is 1. The van der Waals surface area contributed by atoms with Gasteiger partial charge in [0.15, 0.2) is 0 Å². The molecule has 1 fully saturated rings. The Labute approximate surface area is 117 Å². The van der Waals surface area contributed by atoms with Crippen LogP contribution in [0.15, 0.2) is 0 Å². The first kappa shape index (κ1) is 16.4. The highest BCUT2D eigenvalue weighted by atomic mass is 16.5. The van der Waals surface area contributed by atoms with E-state index in [2.05, 4.69) is 5.32 Å². The summed E-state index contributed by atoms with van der Waals surface area (Å²) in [6.07, 6.45) is 0.848. The van der Waals surface area contributed by atoms with Crippen LogP contribution in [0.25, 0.3) is 0 Å². The number of piperidine rings is 1. The van der Waals surface area contributed by atoms with Gasteiger partial charge in [-0.2, -0.15) is 0 Å². The number of carbonyl (C=O) groups is 3. The van der Waals surface area contributed by atoms with Gasteiger partial charge in [-0.15, -0.1) is 0 Å². The molecule has 0 bridgehead atoms. The summed E-state index contributed by atoms with van der Waals surface area (Å²) >= 11 is 0. The van der Waals surface area contributed by atoms with Gasteiger partial charge in [-0.3, -0.25) is 9.59 Å². The zero-order valence-electron chi connectivity index (χ0n) is 11.5. The van der Waals surface area contributed by atoms with Crippen molar-refractivity contribution in [1.82, 2.24) is 10.2 Å². The summed E-state index contributed by atoms with van der Waals surface area (Å²) in [5.74, 6) is -1.62. The average molecular weight is 287 g/mol. The number of ether oxygens (including phenoxy) is 1. The van der Waals surface area contributed by atoms with Crippen LogP contribution >= 0.6 is 0 Å². The summed E-state index contributed by atoms with van der Waals surface area (Å²) in [6, 6.07) is -1.18. The Bertz CT molecular complexity index is 374. The Hall–Kier alpha value is -1.67. The van der Waals surface area contributed by atoms with E-state index < -0.39 is 12.0 Å². The highest BCUT2D eigenvalue weighted by Gasteiger charge is 2.36. The first-order valence-corrected chi connectivity index (χ1v) is 6.50. The zero-order valence-corrected chi connectivity index (χ0v) is 11.5. The molecule has 2 amide bonds. The first-order chi connectivity index (χ1) is 9.49. The molecule has 0 radical (unpaired) electrons. The molecule has 1 aliphatic heterocycles. The molecule has 1 heterocycles. The molecule has 0 spiro atoms. The normalized spacial score (nSPS) is 22.4. The van der Waals surface area contributed by atoms with Crippen LogP contribution in [0, 0.1) is 0 Å². The van der Waals surface area contributed by atoms with Crippen LogP contribution in [0.2, 0.25) is 0 Å². The second-order valence-electron chi connectivity index (χ2n) is 4.70. The minimum absolute atomic E-state index is 0.0654. The van der Waals surface area contributed by atoms with Crippen molar-refractivity contribution in [3.63, 3.8) is 0 Å². The minimum Gasteiger partial charge on any atom is -0.480 e. The molecule has 8 nitrogen and oxygen atoms in total. The number of hydrogen-bond acceptors (Lipinski definition) is 5. The topological polar surface area (TPSA) is 122 Å². The SMILES string of the molecule is COCC(=O)N[C@H]1CCN(C(=O)CCN)[C@H](C(=O)O)C1. The van der Waals surface area contributed by atoms with E-state index in [1.165, 1.54) is 12.0 Å². The number of likely N-dealkylation sites (tertiary alicyclic amines) is 1. The van der Waals surface area contributed by atoms with Gasteiger partial charge in [0.05, 0.1) is 0 Å². The van der Waals surface area contributed by atoms with Crippen molar-refractivity contribution in [1.29, 1.82) is 0 Å². The first-order valence-electron chi connectivity index (χ1n) is 6.50. The number of aliphatic carboxylic acids is 1. The highest BCUT2D eigenvalue weighted by Crippen LogP contribution is 2.19. The largest absolute Gasteiger partial charge is 0.480 e. The van der Waals surface area contributed by atoms with E-state index in [0.717, 1.165) is 0 Å². The van der Waals surface area contributed by atoms with E-state index in [1.54, 1.807) is 0 Å². The van der Waals surface area contributed by atoms with E-state index in [1.807, 2.05) is 0 Å². The van der Waals surface area contributed by atoms with Gasteiger partial charge in [-0.05, 0) is 12.8 Å². The van der Waals surface area contributed by atoms with Crippen LogP contribution in [0.4, 0.5) is 0 Å². The summed E-state index contributed by atoms with van der Waals surface area (Å²) in [6.45, 7) is 0.424. The van der Waals surface area contributed by atoms with Crippen molar-refractivity contribution in [3.8, 4) is 0 Å². The lowest BCUT2D eigenvalue weighted by molar-refractivity contribution is -0.152. The van der Waals surface area contributed by atoms with Gasteiger partial charge in [0.2, 0.25) is 11.8 Å². The van der Waals surface area contributed by atoms with Crippen molar-refractivity contribution in [2.24, 2.45) is 5.73 Å². The summed E-state index contributed by atoms with van der Waals surface area (Å²) < 4.78 is 4.70. The Kier molecular flexibility index (Phi) is 6.40. The molecule has 114 valence electrons. The van der Waals surface area contributed by atoms with Gasteiger partial charge in [0.25, 0.3) is 0 Å². The quantitative estimate of drug-likeness (QED) is 0.549. The maximum atomic E-state index is 11.8. The summed E-state index contributed by atoms with van der Waals surface area (Å²) in [5, 5.41) is 11.9. The fourth-order valence-corrected chi connectivity index (χ4v) is 2.30. The predicted octanol–water partition coefficient (Wildman–Crippen LogP) is -1.46. The Morgan fingerprint density at radius 3 is 2.70 bits per heavy atom. The number of rotatable bonds is 6. The van der Waals surface area contributed by atoms with Gasteiger partial charge in [-0.1, -0.05) is 0 Å². The van der Waals surface area contributed by atoms with Gasteiger partial charge in [0, 0.05) is 32.7 Å². The molecule has 0 aliphatic carbocycles. The fourth-order valence-electron chi connectivity index (χ4n) is 2.30. The van der Waals surface area contributed by atoms with Gasteiger partial charge < -0.3 is 25.8 Å². The second kappa shape index (κ2) is 7.81. The Balaban J connectivity index is 2.63. The lowest BCUT2D eigenvalue weighted by Crippen LogP contribution is -2.55. The van der Waals surface area contributed by atoms with E-state index in [4.69, 9.17) is 10.5 Å². The van der Waals surface area contributed by atoms with Gasteiger partial charge >= 0.3 is 5.97 Å². The zero-order chi connectivity index (χ0) is 15.1. The standard InChI is InChI=1S/C12H21N3O5/c1-20-7-10(16)14-8-3-5-15(11(17)2-4-13)9(6-8)12(18)19/h8-9H,2-7,13H2,1H3,(H,14,16)(H,18,19)/t8-,9-/m0/s1. The van der Waals surface area contributed by atoms with Crippen LogP contribution in [-0.2, 0) is 19.1 Å². The predicted molar refractivity (Wildman–Crippen MR) is 69.8 cm³/mol. The van der Waals surface area contributed by atoms with Gasteiger partial charge in [0.1, 0.15) is 12.6 Å². The van der Waals surface area contributed by atoms with E-state index in [0.29, 0.717) is 13.0 Å². The summed E-state index contributed by atoms with van der Waals surface area (Å²) in [4.78, 5) is 35.8. The molecular weight excluding hydrogens is 266 g/mol. The van der Waals surface area contributed by atoms with Crippen LogP contribution in [0.3, 0.4) is 0 Å². The second-order valence-corrected chi connectivity index (χ2v) is 4.70. The number of nitrogens with one attached hydrogen (secondary N) is 1. The summed E-state index contributed by atoms with van der Waals surface area (Å²) in [7, 11) is 1.41. The van der Waals surface area contributed by atoms with Gasteiger partial charge in [-0.25, -0.2) is 4.79 Å². The summed E-state index contributed by atoms with van der Waals surface area (Å²) in [5.41, 5.74) is 5.32. The molecule has 2 atom stereocenters. The Morgan fingerprint density at radius 2 is 2.15 bits per heavy atom. The smallest absolute Gasteiger partial charge is 0.326 e. The molecular formula is C12H21N3O5. The van der Waals surface area contributed by atoms with E-state index in [-0.39, 0.29) is 43.8 Å². The van der Waals surface area contributed by atoms with Crippen molar-refractivity contribution >= 4 is 17.8 Å². The molecule has 0 saturated carbocycles. The van der Waals surface area contributed by atoms with E-state index >= 15 is 0 Å². The molecule has 0 aromatic carbocycles. The lowest BCUT2D eigenvalue weighted by Gasteiger charge is -2.37. The molecule has 4 N–H and O–H groups in total. The number of hydrogen-bond donors (Lipinski definition) is 3. The Morgan fingerprint density at radius 1 is 1.45 bits per heavy atom. The fraction of sp³-hybridized carbons (Fsp3) is 0.750. The molecule has 1 rings (SSSR count). The number of nitrogens with zero attached hydrogens (tertiary/aromatic N) is 1. The van der Waals surface area contributed by atoms with E-state index in [9.17, 15) is 19.5 Å². The molecule has 0 aromatic heterocycles. The maximum Gasteiger partial charge on any atom is 0.326 e. The molecule has 1 saturated heterocycles. The van der Waals surface area contributed by atoms with Crippen molar-refractivity contribution in [2.75, 3.05) is 26.8 Å². The van der Waals surface area contributed by atoms with Crippen molar-refractivity contribution in [3.05, 3.63) is 0 Å². The number of amides is 2. The lowest BCUT2D eigenvalue weighted by atomic mass is 9.96. The molecule has 1 aliphatic rings. The highest BCUT2D eigenvalue weighted by molar-refractivity contribution is 5.84. The molecule has 0 aromatic rings. The number of carboxylic acid groups (broad SMARTS) is 1. The van der Waals surface area contributed by atoms with Crippen LogP contribution < -0.4 is 11.1 Å². The maximum absolute atomic E-state index is 11.8. The average Bonchev–Trinajstić information content (AvgIpc) is 2.39. The van der Waals surface area contributed by atoms with Crippen LogP contribution in [0.5, 0.6) is 0 Å². The third-order valence-corrected chi connectivity index (χ3v) is 3.21. The minimum atomic E-state index is -1.07.